The smallest absolute Gasteiger partial charge is 0.338 e. The van der Waals surface area contributed by atoms with Crippen LogP contribution in [-0.2, 0) is 16.1 Å². The summed E-state index contributed by atoms with van der Waals surface area (Å²) in [6.07, 6.45) is 3.18. The van der Waals surface area contributed by atoms with Crippen LogP contribution >= 0.6 is 27.3 Å². The van der Waals surface area contributed by atoms with E-state index in [1.165, 1.54) is 22.1 Å². The fourth-order valence-electron chi connectivity index (χ4n) is 5.73. The molecule has 0 radical (unpaired) electrons. The van der Waals surface area contributed by atoms with E-state index in [9.17, 15) is 9.59 Å². The summed E-state index contributed by atoms with van der Waals surface area (Å²) in [6, 6.07) is 26.9. The Kier molecular flexibility index (Phi) is 9.51. The van der Waals surface area contributed by atoms with E-state index in [-0.39, 0.29) is 12.2 Å². The maximum absolute atomic E-state index is 14.1. The fraction of sp³-hybridized carbons (Fsp3) is 0.216. The molecule has 1 atom stereocenters. The van der Waals surface area contributed by atoms with E-state index in [2.05, 4.69) is 40.2 Å². The van der Waals surface area contributed by atoms with Gasteiger partial charge in [-0.15, -0.1) is 0 Å². The second kappa shape index (κ2) is 13.9. The highest BCUT2D eigenvalue weighted by molar-refractivity contribution is 9.10. The first-order valence-electron chi connectivity index (χ1n) is 15.2. The third-order valence-corrected chi connectivity index (χ3v) is 9.31. The first-order chi connectivity index (χ1) is 22.4. The van der Waals surface area contributed by atoms with Crippen molar-refractivity contribution in [3.05, 3.63) is 137 Å². The van der Waals surface area contributed by atoms with Crippen molar-refractivity contribution in [2.45, 2.75) is 39.3 Å². The number of esters is 1. The third-order valence-electron chi connectivity index (χ3n) is 7.83. The van der Waals surface area contributed by atoms with Crippen molar-refractivity contribution in [1.29, 1.82) is 0 Å². The lowest BCUT2D eigenvalue weighted by atomic mass is 9.93. The summed E-state index contributed by atoms with van der Waals surface area (Å²) in [5.41, 5.74) is 3.36. The second-order valence-corrected chi connectivity index (χ2v) is 12.7. The predicted octanol–water partition coefficient (Wildman–Crippen LogP) is 7.08. The summed E-state index contributed by atoms with van der Waals surface area (Å²) >= 11 is 4.86. The van der Waals surface area contributed by atoms with Gasteiger partial charge in [0.2, 0.25) is 0 Å². The minimum atomic E-state index is -0.767. The highest BCUT2D eigenvalue weighted by Gasteiger charge is 2.36. The van der Waals surface area contributed by atoms with Gasteiger partial charge < -0.3 is 14.2 Å². The normalized spacial score (nSPS) is 14.6. The Balaban J connectivity index is 1.38. The van der Waals surface area contributed by atoms with Crippen LogP contribution < -0.4 is 24.4 Å². The van der Waals surface area contributed by atoms with E-state index in [0.717, 1.165) is 27.8 Å². The molecule has 4 aromatic carbocycles. The highest BCUT2D eigenvalue weighted by atomic mass is 79.9. The SMILES string of the molecule is CCCC1=C(C(=O)OCC)[C@@H](c2cc(Br)ccc2OC)n2c(s/c(=C/c3ccc(OCc4cccc5ccccc45)cc3)c2=O)=N1. The molecule has 0 saturated carbocycles. The average molecular weight is 698 g/mol. The van der Waals surface area contributed by atoms with Crippen molar-refractivity contribution in [2.24, 2.45) is 4.99 Å². The van der Waals surface area contributed by atoms with Gasteiger partial charge in [-0.1, -0.05) is 95.2 Å². The second-order valence-electron chi connectivity index (χ2n) is 10.8. The molecule has 0 spiro atoms. The molecule has 2 heterocycles. The molecule has 0 bridgehead atoms. The number of thiazole rings is 1. The van der Waals surface area contributed by atoms with Crippen LogP contribution in [0.3, 0.4) is 0 Å². The molecule has 0 fully saturated rings. The standard InChI is InChI=1S/C37H33BrN2O5S/c1-4-9-30-33(36(42)44-5-2)34(29-21-26(38)16-19-31(29)43-3)40-35(41)32(46-37(40)39-30)20-23-14-17-27(18-15-23)45-22-25-12-8-11-24-10-6-7-13-28(24)25/h6-8,10-21,34H,4-5,9,22H2,1-3H3/b32-20+/t34-/m1/s1. The number of ether oxygens (including phenoxy) is 3. The average Bonchev–Trinajstić information content (AvgIpc) is 3.37. The Bertz CT molecular complexity index is 2130. The largest absolute Gasteiger partial charge is 0.496 e. The summed E-state index contributed by atoms with van der Waals surface area (Å²) in [5.74, 6) is 0.799. The van der Waals surface area contributed by atoms with Gasteiger partial charge in [0.15, 0.2) is 4.80 Å². The number of rotatable bonds is 10. The van der Waals surface area contributed by atoms with Crippen molar-refractivity contribution in [3.63, 3.8) is 0 Å². The minimum Gasteiger partial charge on any atom is -0.496 e. The zero-order valence-corrected chi connectivity index (χ0v) is 28.2. The van der Waals surface area contributed by atoms with Crippen molar-refractivity contribution < 1.29 is 19.0 Å². The van der Waals surface area contributed by atoms with E-state index in [1.54, 1.807) is 18.6 Å². The molecule has 6 rings (SSSR count). The molecule has 0 aliphatic carbocycles. The van der Waals surface area contributed by atoms with Crippen LogP contribution in [-0.4, -0.2) is 24.3 Å². The van der Waals surface area contributed by atoms with E-state index in [0.29, 0.717) is 44.9 Å². The molecule has 1 aliphatic heterocycles. The number of fused-ring (bicyclic) bond motifs is 2. The Hall–Kier alpha value is -4.47. The fourth-order valence-corrected chi connectivity index (χ4v) is 7.12. The first-order valence-corrected chi connectivity index (χ1v) is 16.8. The number of hydrogen-bond donors (Lipinski definition) is 0. The molecular weight excluding hydrogens is 664 g/mol. The quantitative estimate of drug-likeness (QED) is 0.146. The summed E-state index contributed by atoms with van der Waals surface area (Å²) in [6.45, 7) is 4.45. The summed E-state index contributed by atoms with van der Waals surface area (Å²) < 4.78 is 20.2. The maximum Gasteiger partial charge on any atom is 0.338 e. The van der Waals surface area contributed by atoms with Gasteiger partial charge in [-0.05, 0) is 71.7 Å². The zero-order valence-electron chi connectivity index (χ0n) is 25.8. The van der Waals surface area contributed by atoms with Crippen LogP contribution in [0.1, 0.15) is 49.4 Å². The molecule has 5 aromatic rings. The Morgan fingerprint density at radius 2 is 1.80 bits per heavy atom. The van der Waals surface area contributed by atoms with Gasteiger partial charge in [0.1, 0.15) is 24.1 Å². The third kappa shape index (κ3) is 6.30. The monoisotopic (exact) mass is 696 g/mol. The maximum atomic E-state index is 14.1. The number of nitrogens with zero attached hydrogens (tertiary/aromatic N) is 2. The van der Waals surface area contributed by atoms with Crippen molar-refractivity contribution in [2.75, 3.05) is 13.7 Å². The Morgan fingerprint density at radius 3 is 2.57 bits per heavy atom. The summed E-state index contributed by atoms with van der Waals surface area (Å²) in [4.78, 5) is 33.0. The van der Waals surface area contributed by atoms with Gasteiger partial charge in [0.25, 0.3) is 5.56 Å². The Morgan fingerprint density at radius 1 is 1.02 bits per heavy atom. The first kappa shape index (κ1) is 31.5. The molecule has 1 aromatic heterocycles. The molecule has 234 valence electrons. The van der Waals surface area contributed by atoms with E-state index < -0.39 is 12.0 Å². The van der Waals surface area contributed by atoms with Crippen molar-refractivity contribution in [1.82, 2.24) is 4.57 Å². The number of methoxy groups -OCH3 is 1. The van der Waals surface area contributed by atoms with E-state index >= 15 is 0 Å². The van der Waals surface area contributed by atoms with Crippen LogP contribution in [0.25, 0.3) is 16.8 Å². The lowest BCUT2D eigenvalue weighted by Gasteiger charge is -2.27. The number of benzene rings is 4. The molecule has 0 unspecified atom stereocenters. The molecule has 9 heteroatoms. The molecule has 0 N–H and O–H groups in total. The number of carbonyl (C=O) groups is 1. The number of aromatic nitrogens is 1. The van der Waals surface area contributed by atoms with Gasteiger partial charge in [0, 0.05) is 10.0 Å². The molecule has 0 amide bonds. The van der Waals surface area contributed by atoms with Crippen LogP contribution in [0.2, 0.25) is 0 Å². The van der Waals surface area contributed by atoms with E-state index in [1.807, 2.05) is 73.7 Å². The van der Waals surface area contributed by atoms with Crippen LogP contribution in [0, 0.1) is 0 Å². The lowest BCUT2D eigenvalue weighted by Crippen LogP contribution is -2.40. The van der Waals surface area contributed by atoms with Crippen LogP contribution in [0.15, 0.2) is 110 Å². The molecule has 46 heavy (non-hydrogen) atoms. The topological polar surface area (TPSA) is 79.1 Å². The lowest BCUT2D eigenvalue weighted by molar-refractivity contribution is -0.139. The van der Waals surface area contributed by atoms with Gasteiger partial charge >= 0.3 is 5.97 Å². The number of hydrogen-bond acceptors (Lipinski definition) is 7. The number of carbonyl (C=O) groups excluding carboxylic acids is 1. The minimum absolute atomic E-state index is 0.205. The molecule has 7 nitrogen and oxygen atoms in total. The summed E-state index contributed by atoms with van der Waals surface area (Å²) in [7, 11) is 1.58. The number of allylic oxidation sites excluding steroid dienone is 1. The highest BCUT2D eigenvalue weighted by Crippen LogP contribution is 2.38. The number of halogens is 1. The van der Waals surface area contributed by atoms with Gasteiger partial charge in [-0.2, -0.15) is 0 Å². The molecule has 0 saturated heterocycles. The summed E-state index contributed by atoms with van der Waals surface area (Å²) in [5, 5.41) is 2.35. The van der Waals surface area contributed by atoms with Gasteiger partial charge in [0.05, 0.1) is 29.5 Å². The zero-order chi connectivity index (χ0) is 32.2. The van der Waals surface area contributed by atoms with Crippen LogP contribution in [0.5, 0.6) is 11.5 Å². The van der Waals surface area contributed by atoms with E-state index in [4.69, 9.17) is 19.2 Å². The molecule has 1 aliphatic rings. The van der Waals surface area contributed by atoms with Crippen molar-refractivity contribution >= 4 is 50.1 Å². The van der Waals surface area contributed by atoms with Crippen LogP contribution in [0.4, 0.5) is 0 Å². The molecular formula is C37H33BrN2O5S. The van der Waals surface area contributed by atoms with Crippen molar-refractivity contribution in [3.8, 4) is 11.5 Å². The Labute approximate surface area is 279 Å². The predicted molar refractivity (Wildman–Crippen MR) is 185 cm³/mol. The van der Waals surface area contributed by atoms with Gasteiger partial charge in [-0.25, -0.2) is 9.79 Å². The van der Waals surface area contributed by atoms with Gasteiger partial charge in [-0.3, -0.25) is 9.36 Å².